The molecule has 0 saturated heterocycles. The van der Waals surface area contributed by atoms with E-state index in [-0.39, 0.29) is 11.6 Å². The molecular weight excluding hydrogens is 316 g/mol. The molecule has 0 radical (unpaired) electrons. The third kappa shape index (κ3) is 3.57. The molecule has 1 N–H and O–H groups in total. The third-order valence-corrected chi connectivity index (χ3v) is 3.87. The largest absolute Gasteiger partial charge is 0.476 e. The number of carbonyl (C=O) groups is 1. The number of nitrogens with zero attached hydrogens (tertiary/aromatic N) is 3. The van der Waals surface area contributed by atoms with E-state index in [2.05, 4.69) is 20.3 Å². The van der Waals surface area contributed by atoms with Crippen LogP contribution >= 0.6 is 0 Å². The lowest BCUT2D eigenvalue weighted by Gasteiger charge is -2.11. The highest BCUT2D eigenvalue weighted by molar-refractivity contribution is 6.05. The van der Waals surface area contributed by atoms with Crippen LogP contribution in [-0.2, 0) is 0 Å². The number of ether oxygens (including phenoxy) is 1. The Hall–Kier alpha value is -3.02. The van der Waals surface area contributed by atoms with Gasteiger partial charge in [-0.25, -0.2) is 15.0 Å². The maximum atomic E-state index is 12.7. The summed E-state index contributed by atoms with van der Waals surface area (Å²) in [5.41, 5.74) is 4.55. The molecule has 0 spiro atoms. The average molecular weight is 336 g/mol. The van der Waals surface area contributed by atoms with Gasteiger partial charge in [0.2, 0.25) is 5.88 Å². The van der Waals surface area contributed by atoms with Gasteiger partial charge in [0, 0.05) is 5.69 Å². The highest BCUT2D eigenvalue weighted by atomic mass is 16.5. The smallest absolute Gasteiger partial charge is 0.281 e. The Bertz CT molecular complexity index is 954. The number of fused-ring (bicyclic) bond motifs is 1. The number of rotatable bonds is 4. The first-order valence-corrected chi connectivity index (χ1v) is 8.14. The summed E-state index contributed by atoms with van der Waals surface area (Å²) in [7, 11) is 0. The molecule has 0 saturated carbocycles. The van der Waals surface area contributed by atoms with Crippen molar-refractivity contribution in [1.29, 1.82) is 0 Å². The number of pyridine rings is 1. The molecule has 2 heterocycles. The second kappa shape index (κ2) is 6.84. The number of aryl methyl sites for hydroxylation is 3. The van der Waals surface area contributed by atoms with Crippen LogP contribution in [0.2, 0.25) is 0 Å². The van der Waals surface area contributed by atoms with Crippen molar-refractivity contribution in [2.45, 2.75) is 27.7 Å². The highest BCUT2D eigenvalue weighted by Crippen LogP contribution is 2.23. The summed E-state index contributed by atoms with van der Waals surface area (Å²) in [6, 6.07) is 9.30. The van der Waals surface area contributed by atoms with Gasteiger partial charge in [0.1, 0.15) is 5.82 Å². The van der Waals surface area contributed by atoms with Crippen molar-refractivity contribution in [1.82, 2.24) is 15.0 Å². The van der Waals surface area contributed by atoms with Crippen LogP contribution in [0.1, 0.15) is 34.2 Å². The van der Waals surface area contributed by atoms with Crippen molar-refractivity contribution in [2.75, 3.05) is 11.9 Å². The Morgan fingerprint density at radius 3 is 2.36 bits per heavy atom. The van der Waals surface area contributed by atoms with Gasteiger partial charge in [-0.05, 0) is 63.1 Å². The molecule has 128 valence electrons. The Labute approximate surface area is 146 Å². The van der Waals surface area contributed by atoms with Gasteiger partial charge < -0.3 is 10.1 Å². The van der Waals surface area contributed by atoms with Gasteiger partial charge in [-0.15, -0.1) is 0 Å². The van der Waals surface area contributed by atoms with Gasteiger partial charge in [-0.3, -0.25) is 4.79 Å². The zero-order valence-corrected chi connectivity index (χ0v) is 14.8. The van der Waals surface area contributed by atoms with E-state index < -0.39 is 5.91 Å². The summed E-state index contributed by atoms with van der Waals surface area (Å²) >= 11 is 0. The monoisotopic (exact) mass is 336 g/mol. The lowest BCUT2D eigenvalue weighted by molar-refractivity contribution is 0.101. The quantitative estimate of drug-likeness (QED) is 0.787. The first-order chi connectivity index (χ1) is 12.0. The maximum Gasteiger partial charge on any atom is 0.281 e. The number of benzene rings is 1. The molecule has 0 aliphatic heterocycles. The van der Waals surface area contributed by atoms with Crippen LogP contribution in [0.3, 0.4) is 0 Å². The van der Waals surface area contributed by atoms with Crippen LogP contribution in [0, 0.1) is 20.8 Å². The molecule has 25 heavy (non-hydrogen) atoms. The van der Waals surface area contributed by atoms with Gasteiger partial charge in [0.15, 0.2) is 5.69 Å². The van der Waals surface area contributed by atoms with Crippen LogP contribution in [0.4, 0.5) is 5.82 Å². The average Bonchev–Trinajstić information content (AvgIpc) is 2.56. The summed E-state index contributed by atoms with van der Waals surface area (Å²) in [5, 5.41) is 2.76. The SMILES string of the molecule is CCOc1nc2cc(C)c(C)cc2nc1C(=O)Nc1cccc(C)n1. The number of carbonyl (C=O) groups excluding carboxylic acids is 1. The van der Waals surface area contributed by atoms with Crippen molar-refractivity contribution in [3.8, 4) is 5.88 Å². The molecule has 0 aliphatic rings. The standard InChI is InChI=1S/C19H20N4O2/c1-5-25-19-17(18(24)23-16-8-6-7-13(4)20-16)21-14-9-11(2)12(3)10-15(14)22-19/h6-10H,5H2,1-4H3,(H,20,23,24). The molecule has 0 atom stereocenters. The van der Waals surface area contributed by atoms with Gasteiger partial charge >= 0.3 is 0 Å². The van der Waals surface area contributed by atoms with Gasteiger partial charge in [-0.2, -0.15) is 0 Å². The predicted molar refractivity (Wildman–Crippen MR) is 97.1 cm³/mol. The van der Waals surface area contributed by atoms with Crippen LogP contribution in [-0.4, -0.2) is 27.5 Å². The molecular formula is C19H20N4O2. The van der Waals surface area contributed by atoms with Crippen LogP contribution in [0.5, 0.6) is 5.88 Å². The number of anilines is 1. The molecule has 3 rings (SSSR count). The van der Waals surface area contributed by atoms with E-state index in [0.717, 1.165) is 16.8 Å². The number of aromatic nitrogens is 3. The fourth-order valence-corrected chi connectivity index (χ4v) is 2.47. The molecule has 0 aliphatic carbocycles. The zero-order chi connectivity index (χ0) is 18.0. The Morgan fingerprint density at radius 1 is 1.04 bits per heavy atom. The zero-order valence-electron chi connectivity index (χ0n) is 14.8. The highest BCUT2D eigenvalue weighted by Gasteiger charge is 2.19. The molecule has 0 unspecified atom stereocenters. The minimum Gasteiger partial charge on any atom is -0.476 e. The van der Waals surface area contributed by atoms with E-state index in [1.54, 1.807) is 6.07 Å². The minimum atomic E-state index is -0.394. The summed E-state index contributed by atoms with van der Waals surface area (Å²) in [5.74, 6) is 0.298. The topological polar surface area (TPSA) is 77.0 Å². The molecule has 1 amide bonds. The Morgan fingerprint density at radius 2 is 1.72 bits per heavy atom. The minimum absolute atomic E-state index is 0.154. The first-order valence-electron chi connectivity index (χ1n) is 8.14. The predicted octanol–water partition coefficient (Wildman–Crippen LogP) is 3.60. The number of hydrogen-bond acceptors (Lipinski definition) is 5. The van der Waals surface area contributed by atoms with Crippen molar-refractivity contribution in [3.63, 3.8) is 0 Å². The van der Waals surface area contributed by atoms with Crippen molar-refractivity contribution >= 4 is 22.8 Å². The summed E-state index contributed by atoms with van der Waals surface area (Å²) < 4.78 is 5.54. The van der Waals surface area contributed by atoms with E-state index in [9.17, 15) is 4.79 Å². The van der Waals surface area contributed by atoms with E-state index in [4.69, 9.17) is 4.74 Å². The van der Waals surface area contributed by atoms with Crippen LogP contribution in [0.25, 0.3) is 11.0 Å². The molecule has 0 fully saturated rings. The summed E-state index contributed by atoms with van der Waals surface area (Å²) in [6.45, 7) is 8.12. The van der Waals surface area contributed by atoms with E-state index in [0.29, 0.717) is 23.5 Å². The lowest BCUT2D eigenvalue weighted by Crippen LogP contribution is -2.17. The van der Waals surface area contributed by atoms with Crippen molar-refractivity contribution < 1.29 is 9.53 Å². The van der Waals surface area contributed by atoms with E-state index in [1.165, 1.54) is 0 Å². The number of amides is 1. The maximum absolute atomic E-state index is 12.7. The number of nitrogens with one attached hydrogen (secondary N) is 1. The molecule has 0 bridgehead atoms. The van der Waals surface area contributed by atoms with E-state index >= 15 is 0 Å². The fourth-order valence-electron chi connectivity index (χ4n) is 2.47. The van der Waals surface area contributed by atoms with Crippen LogP contribution < -0.4 is 10.1 Å². The van der Waals surface area contributed by atoms with Gasteiger partial charge in [0.05, 0.1) is 17.6 Å². The molecule has 3 aromatic rings. The van der Waals surface area contributed by atoms with Crippen LogP contribution in [0.15, 0.2) is 30.3 Å². The first kappa shape index (κ1) is 16.8. The Kier molecular flexibility index (Phi) is 4.61. The van der Waals surface area contributed by atoms with Crippen molar-refractivity contribution in [2.24, 2.45) is 0 Å². The second-order valence-electron chi connectivity index (χ2n) is 5.85. The molecule has 1 aromatic carbocycles. The summed E-state index contributed by atoms with van der Waals surface area (Å²) in [4.78, 5) is 25.9. The molecule has 6 heteroatoms. The molecule has 2 aromatic heterocycles. The number of hydrogen-bond donors (Lipinski definition) is 1. The van der Waals surface area contributed by atoms with Gasteiger partial charge in [-0.1, -0.05) is 6.07 Å². The Balaban J connectivity index is 2.04. The fraction of sp³-hybridized carbons (Fsp3) is 0.263. The van der Waals surface area contributed by atoms with Crippen molar-refractivity contribution in [3.05, 3.63) is 52.8 Å². The summed E-state index contributed by atoms with van der Waals surface area (Å²) in [6.07, 6.45) is 0. The normalized spacial score (nSPS) is 10.7. The second-order valence-corrected chi connectivity index (χ2v) is 5.85. The van der Waals surface area contributed by atoms with Gasteiger partial charge in [0.25, 0.3) is 5.91 Å². The van der Waals surface area contributed by atoms with E-state index in [1.807, 2.05) is 52.0 Å². The third-order valence-electron chi connectivity index (χ3n) is 3.87. The lowest BCUT2D eigenvalue weighted by atomic mass is 10.1. The molecule has 6 nitrogen and oxygen atoms in total.